The highest BCUT2D eigenvalue weighted by Gasteiger charge is 2.54. The van der Waals surface area contributed by atoms with E-state index in [0.29, 0.717) is 22.2 Å². The van der Waals surface area contributed by atoms with E-state index < -0.39 is 29.2 Å². The highest BCUT2D eigenvalue weighted by molar-refractivity contribution is 8.01. The average Bonchev–Trinajstić information content (AvgIpc) is 3.45. The fraction of sp³-hybridized carbons (Fsp3) is 0.400. The largest absolute Gasteiger partial charge is 0.477 e. The van der Waals surface area contributed by atoms with Gasteiger partial charge in [-0.15, -0.1) is 22.0 Å². The molecule has 2 amide bonds. The number of aliphatic carboxylic acids is 1. The van der Waals surface area contributed by atoms with Gasteiger partial charge in [0.2, 0.25) is 5.16 Å². The van der Waals surface area contributed by atoms with Crippen molar-refractivity contribution in [3.8, 4) is 0 Å². The van der Waals surface area contributed by atoms with E-state index >= 15 is 0 Å². The first-order valence-corrected chi connectivity index (χ1v) is 11.7. The van der Waals surface area contributed by atoms with E-state index in [9.17, 15) is 19.5 Å². The topological polar surface area (TPSA) is 178 Å². The Balaban J connectivity index is 1.49. The molecule has 0 radical (unpaired) electrons. The molecule has 1 unspecified atom stereocenters. The number of fused-ring (bicyclic) bond motifs is 1. The predicted octanol–water partition coefficient (Wildman–Crippen LogP) is -1.06. The smallest absolute Gasteiger partial charge is 0.352 e. The third-order valence-corrected chi connectivity index (χ3v) is 7.43. The number of carboxylic acids is 1. The summed E-state index contributed by atoms with van der Waals surface area (Å²) >= 11 is 3.67. The molecule has 17 heteroatoms. The van der Waals surface area contributed by atoms with Crippen LogP contribution < -0.4 is 5.32 Å². The van der Waals surface area contributed by atoms with Crippen molar-refractivity contribution in [2.24, 2.45) is 12.2 Å². The highest BCUT2D eigenvalue weighted by atomic mass is 32.2. The number of aryl methyl sites for hydroxylation is 1. The Morgan fingerprint density at radius 2 is 2.25 bits per heavy atom. The number of amides is 2. The molecule has 2 aliphatic rings. The molecule has 2 aromatic heterocycles. The molecular formula is C15H15N9O5S3. The Labute approximate surface area is 192 Å². The van der Waals surface area contributed by atoms with Crippen molar-refractivity contribution in [2.75, 3.05) is 18.6 Å². The van der Waals surface area contributed by atoms with Crippen molar-refractivity contribution >= 4 is 58.6 Å². The molecule has 0 aromatic carbocycles. The minimum Gasteiger partial charge on any atom is -0.477 e. The third kappa shape index (κ3) is 4.05. The number of β-lactam (4-membered cyclic amide) rings is 1. The first-order chi connectivity index (χ1) is 15.4. The van der Waals surface area contributed by atoms with Crippen molar-refractivity contribution in [3.05, 3.63) is 22.3 Å². The maximum Gasteiger partial charge on any atom is 0.352 e. The molecule has 1 saturated heterocycles. The van der Waals surface area contributed by atoms with Crippen molar-refractivity contribution in [2.45, 2.75) is 16.6 Å². The summed E-state index contributed by atoms with van der Waals surface area (Å²) in [6.45, 7) is 0. The Bertz CT molecular complexity index is 1120. The lowest BCUT2D eigenvalue weighted by Gasteiger charge is -2.49. The summed E-state index contributed by atoms with van der Waals surface area (Å²) < 4.78 is 5.16. The zero-order valence-corrected chi connectivity index (χ0v) is 19.0. The van der Waals surface area contributed by atoms with E-state index in [1.54, 1.807) is 7.05 Å². The number of carboxylic acid groups (broad SMARTS) is 1. The molecule has 1 fully saturated rings. The molecule has 0 spiro atoms. The fourth-order valence-electron chi connectivity index (χ4n) is 3.06. The van der Waals surface area contributed by atoms with Gasteiger partial charge in [0.25, 0.3) is 11.8 Å². The predicted molar refractivity (Wildman–Crippen MR) is 113 cm³/mol. The second-order valence-corrected chi connectivity index (χ2v) is 9.06. The minimum absolute atomic E-state index is 0.0821. The van der Waals surface area contributed by atoms with E-state index in [0.717, 1.165) is 11.5 Å². The number of carbonyl (C=O) groups excluding carboxylic acids is 2. The van der Waals surface area contributed by atoms with Crippen molar-refractivity contribution in [1.82, 2.24) is 40.0 Å². The van der Waals surface area contributed by atoms with Crippen LogP contribution in [0.15, 0.2) is 27.0 Å². The van der Waals surface area contributed by atoms with Crippen LogP contribution in [-0.4, -0.2) is 93.3 Å². The number of hydrogen-bond donors (Lipinski definition) is 2. The zero-order chi connectivity index (χ0) is 22.8. The molecule has 168 valence electrons. The third-order valence-electron chi connectivity index (χ3n) is 4.49. The lowest BCUT2D eigenvalue weighted by atomic mass is 10.0. The SMILES string of the molecule is CON=C(C(=O)NC1C(=O)N2C(C(=O)O)=C(CSc3nnnn3C)CS[C@H]12)c1csnn1. The summed E-state index contributed by atoms with van der Waals surface area (Å²) in [5.74, 6) is -1.73. The van der Waals surface area contributed by atoms with Gasteiger partial charge in [0, 0.05) is 23.9 Å². The van der Waals surface area contributed by atoms with Gasteiger partial charge in [0.05, 0.1) is 0 Å². The van der Waals surface area contributed by atoms with Gasteiger partial charge in [-0.05, 0) is 27.5 Å². The first kappa shape index (κ1) is 22.2. The second-order valence-electron chi connectivity index (χ2n) is 6.40. The van der Waals surface area contributed by atoms with Gasteiger partial charge in [0.1, 0.15) is 29.9 Å². The number of nitrogens with zero attached hydrogens (tertiary/aromatic N) is 8. The summed E-state index contributed by atoms with van der Waals surface area (Å²) in [4.78, 5) is 43.3. The van der Waals surface area contributed by atoms with Crippen LogP contribution in [0, 0.1) is 0 Å². The van der Waals surface area contributed by atoms with Crippen molar-refractivity contribution in [3.63, 3.8) is 0 Å². The Kier molecular flexibility index (Phi) is 6.38. The van der Waals surface area contributed by atoms with Gasteiger partial charge in [-0.3, -0.25) is 14.5 Å². The van der Waals surface area contributed by atoms with E-state index in [-0.39, 0.29) is 17.1 Å². The van der Waals surface area contributed by atoms with E-state index in [2.05, 4.69) is 35.6 Å². The molecule has 4 heterocycles. The monoisotopic (exact) mass is 497 g/mol. The lowest BCUT2D eigenvalue weighted by molar-refractivity contribution is -0.150. The maximum atomic E-state index is 12.8. The Morgan fingerprint density at radius 1 is 1.44 bits per heavy atom. The van der Waals surface area contributed by atoms with Gasteiger partial charge in [0.15, 0.2) is 5.71 Å². The Morgan fingerprint density at radius 3 is 2.88 bits per heavy atom. The zero-order valence-electron chi connectivity index (χ0n) is 16.5. The number of carbonyl (C=O) groups is 3. The molecule has 14 nitrogen and oxygen atoms in total. The van der Waals surface area contributed by atoms with Gasteiger partial charge in [-0.1, -0.05) is 21.4 Å². The van der Waals surface area contributed by atoms with Crippen LogP contribution in [-0.2, 0) is 26.3 Å². The van der Waals surface area contributed by atoms with Gasteiger partial charge >= 0.3 is 5.97 Å². The molecule has 2 aliphatic heterocycles. The van der Waals surface area contributed by atoms with Crippen molar-refractivity contribution in [1.29, 1.82) is 0 Å². The minimum atomic E-state index is -1.21. The number of aromatic nitrogens is 6. The summed E-state index contributed by atoms with van der Waals surface area (Å²) in [6.07, 6.45) is 0. The summed E-state index contributed by atoms with van der Waals surface area (Å²) in [5.41, 5.74) is 0.566. The number of thioether (sulfide) groups is 2. The normalized spacial score (nSPS) is 20.6. The van der Waals surface area contributed by atoms with Crippen molar-refractivity contribution < 1.29 is 24.3 Å². The van der Waals surface area contributed by atoms with Crippen LogP contribution in [0.2, 0.25) is 0 Å². The molecule has 0 bridgehead atoms. The van der Waals surface area contributed by atoms with Crippen LogP contribution in [0.1, 0.15) is 5.69 Å². The van der Waals surface area contributed by atoms with Gasteiger partial charge in [-0.25, -0.2) is 9.48 Å². The van der Waals surface area contributed by atoms with Gasteiger partial charge in [-0.2, -0.15) is 0 Å². The number of oxime groups is 1. The van der Waals surface area contributed by atoms with Crippen LogP contribution >= 0.6 is 35.1 Å². The summed E-state index contributed by atoms with van der Waals surface area (Å²) in [6, 6.07) is -0.910. The van der Waals surface area contributed by atoms with Crippen LogP contribution in [0.25, 0.3) is 0 Å². The molecule has 4 rings (SSSR count). The van der Waals surface area contributed by atoms with E-state index in [1.807, 2.05) is 0 Å². The molecule has 0 saturated carbocycles. The molecular weight excluding hydrogens is 482 g/mol. The fourth-order valence-corrected chi connectivity index (χ4v) is 5.84. The number of rotatable bonds is 8. The molecule has 2 N–H and O–H groups in total. The van der Waals surface area contributed by atoms with Crippen LogP contribution in [0.4, 0.5) is 0 Å². The second kappa shape index (κ2) is 9.21. The summed E-state index contributed by atoms with van der Waals surface area (Å²) in [7, 11) is 2.95. The van der Waals surface area contributed by atoms with E-state index in [4.69, 9.17) is 4.84 Å². The Hall–Kier alpha value is -3.05. The standard InChI is InChI=1S/C15H15N9O5S3/c1-23-15(18-20-21-23)31-4-6-3-30-13-9(12(26)24(13)10(6)14(27)28)16-11(25)8(19-29-2)7-5-32-22-17-7/h5,9,13H,3-4H2,1-2H3,(H,16,25)(H,27,28)/t9?,13-/m1/s1. The number of tetrazole rings is 1. The number of nitrogens with one attached hydrogen (secondary N) is 1. The lowest BCUT2D eigenvalue weighted by Crippen LogP contribution is -2.71. The van der Waals surface area contributed by atoms with Gasteiger partial charge < -0.3 is 15.3 Å². The quantitative estimate of drug-likeness (QED) is 0.196. The van der Waals surface area contributed by atoms with E-state index in [1.165, 1.54) is 45.6 Å². The first-order valence-electron chi connectivity index (χ1n) is 8.87. The number of hydrogen-bond acceptors (Lipinski definition) is 13. The maximum absolute atomic E-state index is 12.8. The van der Waals surface area contributed by atoms with Crippen LogP contribution in [0.5, 0.6) is 0 Å². The van der Waals surface area contributed by atoms with Crippen LogP contribution in [0.3, 0.4) is 0 Å². The average molecular weight is 498 g/mol. The molecule has 32 heavy (non-hydrogen) atoms. The highest BCUT2D eigenvalue weighted by Crippen LogP contribution is 2.41. The molecule has 2 atom stereocenters. The molecule has 2 aromatic rings. The summed E-state index contributed by atoms with van der Waals surface area (Å²) in [5, 5.41) is 32.4. The molecule has 0 aliphatic carbocycles.